The first-order valence-corrected chi connectivity index (χ1v) is 6.25. The zero-order valence-corrected chi connectivity index (χ0v) is 11.5. The van der Waals surface area contributed by atoms with Crippen LogP contribution in [0.4, 0.5) is 0 Å². The molecule has 2 rings (SSSR count). The molecule has 6 heteroatoms. The SMILES string of the molecule is O=C(Oc1cccc(Cl)c1)C(=O)Oc1cccc(Cl)c1. The van der Waals surface area contributed by atoms with Gasteiger partial charge in [-0.2, -0.15) is 0 Å². The van der Waals surface area contributed by atoms with Crippen molar-refractivity contribution < 1.29 is 19.1 Å². The lowest BCUT2D eigenvalue weighted by atomic mass is 10.3. The molecule has 0 amide bonds. The molecule has 0 N–H and O–H groups in total. The van der Waals surface area contributed by atoms with E-state index in [0.717, 1.165) is 0 Å². The van der Waals surface area contributed by atoms with Crippen molar-refractivity contribution in [1.82, 2.24) is 0 Å². The Morgan fingerprint density at radius 1 is 0.750 bits per heavy atom. The fourth-order valence-electron chi connectivity index (χ4n) is 1.36. The van der Waals surface area contributed by atoms with E-state index in [-0.39, 0.29) is 11.5 Å². The average molecular weight is 311 g/mol. The molecule has 0 aromatic heterocycles. The van der Waals surface area contributed by atoms with Gasteiger partial charge in [0.1, 0.15) is 11.5 Å². The molecule has 0 saturated carbocycles. The van der Waals surface area contributed by atoms with Crippen molar-refractivity contribution in [3.05, 3.63) is 58.6 Å². The molecule has 2 aromatic carbocycles. The van der Waals surface area contributed by atoms with Gasteiger partial charge in [-0.15, -0.1) is 0 Å². The minimum Gasteiger partial charge on any atom is -0.418 e. The van der Waals surface area contributed by atoms with E-state index in [9.17, 15) is 9.59 Å². The molecule has 0 aliphatic carbocycles. The zero-order chi connectivity index (χ0) is 14.5. The standard InChI is InChI=1S/C14H8Cl2O4/c15-9-3-1-5-11(7-9)19-13(17)14(18)20-12-6-2-4-10(16)8-12/h1-8H. The van der Waals surface area contributed by atoms with Gasteiger partial charge >= 0.3 is 11.9 Å². The predicted octanol–water partition coefficient (Wildman–Crippen LogP) is 3.50. The Balaban J connectivity index is 2.01. The molecule has 0 atom stereocenters. The second-order valence-corrected chi connectivity index (χ2v) is 4.57. The Morgan fingerprint density at radius 2 is 1.15 bits per heavy atom. The topological polar surface area (TPSA) is 52.6 Å². The number of hydrogen-bond acceptors (Lipinski definition) is 4. The Bertz CT molecular complexity index is 598. The maximum absolute atomic E-state index is 11.5. The van der Waals surface area contributed by atoms with Crippen molar-refractivity contribution in [2.45, 2.75) is 0 Å². The number of carbonyl (C=O) groups is 2. The zero-order valence-electron chi connectivity index (χ0n) is 10.0. The van der Waals surface area contributed by atoms with Crippen LogP contribution in [-0.4, -0.2) is 11.9 Å². The Morgan fingerprint density at radius 3 is 1.50 bits per heavy atom. The van der Waals surface area contributed by atoms with E-state index in [0.29, 0.717) is 10.0 Å². The molecule has 20 heavy (non-hydrogen) atoms. The van der Waals surface area contributed by atoms with Crippen molar-refractivity contribution in [2.24, 2.45) is 0 Å². The van der Waals surface area contributed by atoms with Gasteiger partial charge in [0.25, 0.3) is 0 Å². The van der Waals surface area contributed by atoms with Gasteiger partial charge in [0.15, 0.2) is 0 Å². The number of rotatable bonds is 2. The number of carbonyl (C=O) groups excluding carboxylic acids is 2. The Kier molecular flexibility index (Phi) is 4.61. The highest BCUT2D eigenvalue weighted by molar-refractivity contribution is 6.32. The van der Waals surface area contributed by atoms with E-state index in [1.807, 2.05) is 0 Å². The molecule has 0 fully saturated rings. The maximum atomic E-state index is 11.5. The fourth-order valence-corrected chi connectivity index (χ4v) is 1.72. The maximum Gasteiger partial charge on any atom is 0.423 e. The first-order valence-electron chi connectivity index (χ1n) is 5.50. The molecule has 0 bridgehead atoms. The first kappa shape index (κ1) is 14.4. The lowest BCUT2D eigenvalue weighted by molar-refractivity contribution is -0.156. The summed E-state index contributed by atoms with van der Waals surface area (Å²) in [5, 5.41) is 0.775. The normalized spacial score (nSPS) is 9.90. The van der Waals surface area contributed by atoms with Crippen LogP contribution in [0.1, 0.15) is 0 Å². The molecule has 0 unspecified atom stereocenters. The summed E-state index contributed by atoms with van der Waals surface area (Å²) in [5.74, 6) is -1.98. The average Bonchev–Trinajstić information content (AvgIpc) is 2.38. The third-order valence-corrected chi connectivity index (χ3v) is 2.65. The van der Waals surface area contributed by atoms with Gasteiger partial charge in [0, 0.05) is 10.0 Å². The molecule has 0 heterocycles. The number of hydrogen-bond donors (Lipinski definition) is 0. The van der Waals surface area contributed by atoms with E-state index in [1.165, 1.54) is 24.3 Å². The van der Waals surface area contributed by atoms with E-state index < -0.39 is 11.9 Å². The lowest BCUT2D eigenvalue weighted by Gasteiger charge is -2.05. The number of esters is 2. The van der Waals surface area contributed by atoms with Crippen LogP contribution in [0.15, 0.2) is 48.5 Å². The number of benzene rings is 2. The van der Waals surface area contributed by atoms with Crippen LogP contribution in [0.25, 0.3) is 0 Å². The van der Waals surface area contributed by atoms with E-state index >= 15 is 0 Å². The fraction of sp³-hybridized carbons (Fsp3) is 0. The first-order chi connectivity index (χ1) is 9.54. The van der Waals surface area contributed by atoms with Crippen LogP contribution in [0.5, 0.6) is 11.5 Å². The van der Waals surface area contributed by atoms with E-state index in [4.69, 9.17) is 32.7 Å². The van der Waals surface area contributed by atoms with E-state index in [1.54, 1.807) is 24.3 Å². The highest BCUT2D eigenvalue weighted by atomic mass is 35.5. The summed E-state index contributed by atoms with van der Waals surface area (Å²) < 4.78 is 9.66. The molecular weight excluding hydrogens is 303 g/mol. The van der Waals surface area contributed by atoms with Gasteiger partial charge in [-0.05, 0) is 36.4 Å². The second kappa shape index (κ2) is 6.41. The van der Waals surface area contributed by atoms with Crippen LogP contribution in [0.2, 0.25) is 10.0 Å². The van der Waals surface area contributed by atoms with Gasteiger partial charge in [-0.3, -0.25) is 0 Å². The predicted molar refractivity (Wildman–Crippen MR) is 74.2 cm³/mol. The van der Waals surface area contributed by atoms with Crippen LogP contribution in [0, 0.1) is 0 Å². The largest absolute Gasteiger partial charge is 0.423 e. The second-order valence-electron chi connectivity index (χ2n) is 3.69. The molecule has 4 nitrogen and oxygen atoms in total. The van der Waals surface area contributed by atoms with Crippen LogP contribution in [0.3, 0.4) is 0 Å². The molecule has 0 aliphatic rings. The number of ether oxygens (including phenoxy) is 2. The minimum atomic E-state index is -1.15. The lowest BCUT2D eigenvalue weighted by Crippen LogP contribution is -2.25. The monoisotopic (exact) mass is 310 g/mol. The van der Waals surface area contributed by atoms with Crippen molar-refractivity contribution >= 4 is 35.1 Å². The van der Waals surface area contributed by atoms with Gasteiger partial charge < -0.3 is 9.47 Å². The van der Waals surface area contributed by atoms with Gasteiger partial charge in [0.2, 0.25) is 0 Å². The van der Waals surface area contributed by atoms with Crippen molar-refractivity contribution in [1.29, 1.82) is 0 Å². The highest BCUT2D eigenvalue weighted by Gasteiger charge is 2.19. The molecule has 0 aliphatic heterocycles. The van der Waals surface area contributed by atoms with Crippen LogP contribution in [-0.2, 0) is 9.59 Å². The summed E-state index contributed by atoms with van der Waals surface area (Å²) in [5.41, 5.74) is 0. The van der Waals surface area contributed by atoms with Crippen LogP contribution >= 0.6 is 23.2 Å². The third kappa shape index (κ3) is 3.98. The quantitative estimate of drug-likeness (QED) is 0.484. The van der Waals surface area contributed by atoms with Gasteiger partial charge in [0.05, 0.1) is 0 Å². The van der Waals surface area contributed by atoms with Crippen molar-refractivity contribution in [3.63, 3.8) is 0 Å². The Labute approximate surface area is 124 Å². The number of halogens is 2. The van der Waals surface area contributed by atoms with Crippen molar-refractivity contribution in [2.75, 3.05) is 0 Å². The highest BCUT2D eigenvalue weighted by Crippen LogP contribution is 2.19. The van der Waals surface area contributed by atoms with Gasteiger partial charge in [-0.1, -0.05) is 35.3 Å². The van der Waals surface area contributed by atoms with E-state index in [2.05, 4.69) is 0 Å². The minimum absolute atomic E-state index is 0.158. The van der Waals surface area contributed by atoms with Gasteiger partial charge in [-0.25, -0.2) is 9.59 Å². The summed E-state index contributed by atoms with van der Waals surface area (Å²) >= 11 is 11.5. The summed E-state index contributed by atoms with van der Waals surface area (Å²) in [7, 11) is 0. The Hall–Kier alpha value is -2.04. The molecule has 0 radical (unpaired) electrons. The summed E-state index contributed by atoms with van der Waals surface area (Å²) in [6, 6.07) is 12.2. The summed E-state index contributed by atoms with van der Waals surface area (Å²) in [6.07, 6.45) is 0. The third-order valence-electron chi connectivity index (χ3n) is 2.18. The molecule has 0 saturated heterocycles. The van der Waals surface area contributed by atoms with Crippen molar-refractivity contribution in [3.8, 4) is 11.5 Å². The summed E-state index contributed by atoms with van der Waals surface area (Å²) in [4.78, 5) is 23.1. The molecule has 0 spiro atoms. The molecule has 2 aromatic rings. The summed E-state index contributed by atoms with van der Waals surface area (Å²) in [6.45, 7) is 0. The molecule has 102 valence electrons. The smallest absolute Gasteiger partial charge is 0.418 e. The molecular formula is C14H8Cl2O4. The van der Waals surface area contributed by atoms with Crippen LogP contribution < -0.4 is 9.47 Å².